The van der Waals surface area contributed by atoms with Gasteiger partial charge in [-0.15, -0.1) is 24.0 Å². The number of guanidine groups is 1. The molecule has 3 rings (SSSR count). The van der Waals surface area contributed by atoms with Gasteiger partial charge < -0.3 is 25.0 Å². The van der Waals surface area contributed by atoms with Gasteiger partial charge in [0, 0.05) is 20.1 Å². The first kappa shape index (κ1) is 23.2. The van der Waals surface area contributed by atoms with Crippen LogP contribution in [0.4, 0.5) is 0 Å². The van der Waals surface area contributed by atoms with Crippen molar-refractivity contribution in [2.45, 2.75) is 57.9 Å². The summed E-state index contributed by atoms with van der Waals surface area (Å²) in [6, 6.07) is 8.68. The van der Waals surface area contributed by atoms with Gasteiger partial charge in [0.25, 0.3) is 0 Å². The van der Waals surface area contributed by atoms with E-state index in [2.05, 4.69) is 46.5 Å². The van der Waals surface area contributed by atoms with E-state index in [0.717, 1.165) is 57.3 Å². The van der Waals surface area contributed by atoms with Crippen LogP contribution >= 0.6 is 24.0 Å². The standard InChI is InChI=1S/C21H34N4O2.HI/c1-4-25(5-2)12-13-26-17-8-6-16(7-9-17)15-23-21(22-3)24-19-14-18-10-11-20(19)27-18;/h6-9,18-20H,4-5,10-15H2,1-3H3,(H2,22,23,24);1H. The second-order valence-electron chi connectivity index (χ2n) is 7.31. The van der Waals surface area contributed by atoms with Crippen molar-refractivity contribution >= 4 is 29.9 Å². The van der Waals surface area contributed by atoms with Crippen LogP contribution in [0.15, 0.2) is 29.3 Å². The van der Waals surface area contributed by atoms with Crippen molar-refractivity contribution < 1.29 is 9.47 Å². The molecule has 1 aromatic carbocycles. The molecule has 2 saturated heterocycles. The summed E-state index contributed by atoms with van der Waals surface area (Å²) in [7, 11) is 1.82. The quantitative estimate of drug-likeness (QED) is 0.309. The lowest BCUT2D eigenvalue weighted by Gasteiger charge is -2.22. The van der Waals surface area contributed by atoms with Crippen LogP contribution in [0.3, 0.4) is 0 Å². The van der Waals surface area contributed by atoms with E-state index >= 15 is 0 Å². The van der Waals surface area contributed by atoms with Gasteiger partial charge >= 0.3 is 0 Å². The molecule has 3 unspecified atom stereocenters. The Kier molecular flexibility index (Phi) is 9.81. The fourth-order valence-corrected chi connectivity index (χ4v) is 3.88. The fourth-order valence-electron chi connectivity index (χ4n) is 3.88. The van der Waals surface area contributed by atoms with Crippen LogP contribution in [0, 0.1) is 0 Å². The zero-order valence-electron chi connectivity index (χ0n) is 17.3. The lowest BCUT2D eigenvalue weighted by Crippen LogP contribution is -2.47. The van der Waals surface area contributed by atoms with Crippen molar-refractivity contribution in [3.63, 3.8) is 0 Å². The predicted molar refractivity (Wildman–Crippen MR) is 125 cm³/mol. The first-order valence-corrected chi connectivity index (χ1v) is 10.3. The van der Waals surface area contributed by atoms with Crippen LogP contribution in [0.25, 0.3) is 0 Å². The maximum absolute atomic E-state index is 5.91. The molecule has 0 saturated carbocycles. The molecule has 0 spiro atoms. The van der Waals surface area contributed by atoms with Crippen LogP contribution in [0.2, 0.25) is 0 Å². The molecule has 0 aromatic heterocycles. The summed E-state index contributed by atoms with van der Waals surface area (Å²) in [6.45, 7) is 8.91. The average Bonchev–Trinajstić information content (AvgIpc) is 3.32. The number of likely N-dealkylation sites (N-methyl/N-ethyl adjacent to an activating group) is 1. The first-order chi connectivity index (χ1) is 13.2. The highest BCUT2D eigenvalue weighted by atomic mass is 127. The third-order valence-electron chi connectivity index (χ3n) is 5.61. The molecule has 2 aliphatic heterocycles. The average molecular weight is 502 g/mol. The van der Waals surface area contributed by atoms with Crippen LogP contribution in [-0.4, -0.2) is 62.4 Å². The molecule has 1 aromatic rings. The molecule has 0 aliphatic carbocycles. The van der Waals surface area contributed by atoms with Gasteiger partial charge in [-0.1, -0.05) is 26.0 Å². The lowest BCUT2D eigenvalue weighted by molar-refractivity contribution is 0.0992. The number of aliphatic imine (C=N–C) groups is 1. The molecule has 0 amide bonds. The molecule has 28 heavy (non-hydrogen) atoms. The molecule has 2 fully saturated rings. The van der Waals surface area contributed by atoms with E-state index in [1.54, 1.807) is 0 Å². The van der Waals surface area contributed by atoms with Crippen LogP contribution in [0.1, 0.15) is 38.7 Å². The van der Waals surface area contributed by atoms with Crippen LogP contribution < -0.4 is 15.4 Å². The van der Waals surface area contributed by atoms with E-state index in [4.69, 9.17) is 9.47 Å². The Labute approximate surface area is 186 Å². The van der Waals surface area contributed by atoms with Crippen molar-refractivity contribution in [2.24, 2.45) is 4.99 Å². The van der Waals surface area contributed by atoms with Gasteiger partial charge in [0.15, 0.2) is 5.96 Å². The monoisotopic (exact) mass is 502 g/mol. The van der Waals surface area contributed by atoms with Crippen molar-refractivity contribution in [3.05, 3.63) is 29.8 Å². The maximum Gasteiger partial charge on any atom is 0.191 e. The maximum atomic E-state index is 5.91. The van der Waals surface area contributed by atoms with Crippen molar-refractivity contribution in [1.29, 1.82) is 0 Å². The van der Waals surface area contributed by atoms with Gasteiger partial charge in [0.1, 0.15) is 12.4 Å². The van der Waals surface area contributed by atoms with Gasteiger partial charge in [-0.25, -0.2) is 0 Å². The molecule has 0 radical (unpaired) electrons. The van der Waals surface area contributed by atoms with Gasteiger partial charge in [-0.3, -0.25) is 4.99 Å². The van der Waals surface area contributed by atoms with Gasteiger partial charge in [0.05, 0.1) is 18.2 Å². The summed E-state index contributed by atoms with van der Waals surface area (Å²) in [5, 5.41) is 6.91. The molecular weight excluding hydrogens is 467 g/mol. The Bertz CT molecular complexity index is 607. The molecule has 2 aliphatic rings. The van der Waals surface area contributed by atoms with Gasteiger partial charge in [-0.05, 0) is 50.0 Å². The molecule has 2 heterocycles. The second-order valence-corrected chi connectivity index (χ2v) is 7.31. The molecule has 158 valence electrons. The minimum atomic E-state index is 0. The minimum Gasteiger partial charge on any atom is -0.492 e. The normalized spacial score (nSPS) is 23.6. The Morgan fingerprint density at radius 1 is 1.21 bits per heavy atom. The summed E-state index contributed by atoms with van der Waals surface area (Å²) < 4.78 is 11.8. The molecule has 7 heteroatoms. The highest BCUT2D eigenvalue weighted by molar-refractivity contribution is 14.0. The molecule has 6 nitrogen and oxygen atoms in total. The van der Waals surface area contributed by atoms with E-state index in [0.29, 0.717) is 18.2 Å². The largest absolute Gasteiger partial charge is 0.492 e. The lowest BCUT2D eigenvalue weighted by atomic mass is 9.96. The van der Waals surface area contributed by atoms with Crippen LogP contribution in [-0.2, 0) is 11.3 Å². The summed E-state index contributed by atoms with van der Waals surface area (Å²) >= 11 is 0. The topological polar surface area (TPSA) is 58.1 Å². The number of nitrogens with zero attached hydrogens (tertiary/aromatic N) is 2. The fraction of sp³-hybridized carbons (Fsp3) is 0.667. The smallest absolute Gasteiger partial charge is 0.191 e. The molecular formula is C21H35IN4O2. The van der Waals surface area contributed by atoms with E-state index in [9.17, 15) is 0 Å². The van der Waals surface area contributed by atoms with Crippen molar-refractivity contribution in [1.82, 2.24) is 15.5 Å². The Morgan fingerprint density at radius 2 is 1.96 bits per heavy atom. The number of nitrogens with one attached hydrogen (secondary N) is 2. The number of benzene rings is 1. The second kappa shape index (κ2) is 11.8. The van der Waals surface area contributed by atoms with Crippen LogP contribution in [0.5, 0.6) is 5.75 Å². The number of hydrogen-bond acceptors (Lipinski definition) is 4. The van der Waals surface area contributed by atoms with Gasteiger partial charge in [-0.2, -0.15) is 0 Å². The summed E-state index contributed by atoms with van der Waals surface area (Å²) in [6.07, 6.45) is 4.25. The Balaban J connectivity index is 0.00000280. The predicted octanol–water partition coefficient (Wildman–Crippen LogP) is 3.01. The number of fused-ring (bicyclic) bond motifs is 2. The zero-order valence-corrected chi connectivity index (χ0v) is 19.6. The SMILES string of the molecule is CCN(CC)CCOc1ccc(CNC(=NC)NC2CC3CCC2O3)cc1.I. The van der Waals surface area contributed by atoms with E-state index < -0.39 is 0 Å². The Morgan fingerprint density at radius 3 is 2.54 bits per heavy atom. The molecule has 2 N–H and O–H groups in total. The zero-order chi connectivity index (χ0) is 19.1. The molecule has 3 atom stereocenters. The van der Waals surface area contributed by atoms with E-state index in [1.165, 1.54) is 12.0 Å². The number of rotatable bonds is 9. The first-order valence-electron chi connectivity index (χ1n) is 10.3. The van der Waals surface area contributed by atoms with E-state index in [1.807, 2.05) is 19.2 Å². The summed E-state index contributed by atoms with van der Waals surface area (Å²) in [5.74, 6) is 1.77. The van der Waals surface area contributed by atoms with E-state index in [-0.39, 0.29) is 24.0 Å². The third kappa shape index (κ3) is 6.49. The number of hydrogen-bond donors (Lipinski definition) is 2. The van der Waals surface area contributed by atoms with Gasteiger partial charge in [0.2, 0.25) is 0 Å². The van der Waals surface area contributed by atoms with Crippen molar-refractivity contribution in [2.75, 3.05) is 33.3 Å². The Hall–Kier alpha value is -1.06. The minimum absolute atomic E-state index is 0. The molecule has 2 bridgehead atoms. The summed E-state index contributed by atoms with van der Waals surface area (Å²) in [5.41, 5.74) is 1.21. The summed E-state index contributed by atoms with van der Waals surface area (Å²) in [4.78, 5) is 6.71. The number of halogens is 1. The highest BCUT2D eigenvalue weighted by Crippen LogP contribution is 2.34. The highest BCUT2D eigenvalue weighted by Gasteiger charge is 2.41. The third-order valence-corrected chi connectivity index (χ3v) is 5.61. The van der Waals surface area contributed by atoms with Crippen molar-refractivity contribution in [3.8, 4) is 5.75 Å². The number of ether oxygens (including phenoxy) is 2.